The van der Waals surface area contributed by atoms with Crippen molar-refractivity contribution < 1.29 is 4.79 Å². The van der Waals surface area contributed by atoms with E-state index >= 15 is 0 Å². The van der Waals surface area contributed by atoms with E-state index in [1.54, 1.807) is 27.9 Å². The smallest absolute Gasteiger partial charge is 0.268 e. The maximum Gasteiger partial charge on any atom is 0.268 e. The molecule has 2 aromatic rings. The molecule has 0 saturated heterocycles. The SMILES string of the molecule is CCn1c(SCC(=O)Nc2nccs2)nc2c(c1=O)SC(C)C2. The van der Waals surface area contributed by atoms with Crippen LogP contribution in [0.2, 0.25) is 0 Å². The van der Waals surface area contributed by atoms with E-state index < -0.39 is 0 Å². The number of aromatic nitrogens is 3. The summed E-state index contributed by atoms with van der Waals surface area (Å²) in [6, 6.07) is 0. The molecule has 1 aliphatic rings. The van der Waals surface area contributed by atoms with Crippen molar-refractivity contribution >= 4 is 45.9 Å². The monoisotopic (exact) mass is 368 g/mol. The molecular weight excluding hydrogens is 352 g/mol. The third kappa shape index (κ3) is 3.61. The highest BCUT2D eigenvalue weighted by Crippen LogP contribution is 2.34. The van der Waals surface area contributed by atoms with Crippen LogP contribution in [0.4, 0.5) is 5.13 Å². The number of hydrogen-bond donors (Lipinski definition) is 1. The fourth-order valence-corrected chi connectivity index (χ4v) is 4.83. The molecule has 0 radical (unpaired) electrons. The molecule has 0 aliphatic carbocycles. The normalized spacial score (nSPS) is 16.3. The van der Waals surface area contributed by atoms with Gasteiger partial charge in [-0.1, -0.05) is 18.7 Å². The van der Waals surface area contributed by atoms with Crippen LogP contribution < -0.4 is 10.9 Å². The van der Waals surface area contributed by atoms with Crippen LogP contribution in [0.3, 0.4) is 0 Å². The number of thioether (sulfide) groups is 2. The molecule has 1 atom stereocenters. The molecule has 1 aliphatic heterocycles. The van der Waals surface area contributed by atoms with Gasteiger partial charge in [0.25, 0.3) is 5.56 Å². The van der Waals surface area contributed by atoms with E-state index in [9.17, 15) is 9.59 Å². The highest BCUT2D eigenvalue weighted by atomic mass is 32.2. The minimum atomic E-state index is -0.148. The lowest BCUT2D eigenvalue weighted by molar-refractivity contribution is -0.113. The predicted molar refractivity (Wildman–Crippen MR) is 94.7 cm³/mol. The van der Waals surface area contributed by atoms with Crippen molar-refractivity contribution in [3.05, 3.63) is 27.6 Å². The summed E-state index contributed by atoms with van der Waals surface area (Å²) in [6.45, 7) is 4.55. The first-order chi connectivity index (χ1) is 11.1. The van der Waals surface area contributed by atoms with E-state index in [0.717, 1.165) is 17.0 Å². The van der Waals surface area contributed by atoms with Gasteiger partial charge in [-0.15, -0.1) is 23.1 Å². The minimum Gasteiger partial charge on any atom is -0.301 e. The largest absolute Gasteiger partial charge is 0.301 e. The third-order valence-electron chi connectivity index (χ3n) is 3.29. The molecule has 0 aromatic carbocycles. The Hall–Kier alpha value is -1.32. The van der Waals surface area contributed by atoms with Crippen LogP contribution >= 0.6 is 34.9 Å². The van der Waals surface area contributed by atoms with E-state index in [-0.39, 0.29) is 17.2 Å². The molecule has 0 spiro atoms. The molecule has 1 unspecified atom stereocenters. The van der Waals surface area contributed by atoms with E-state index in [1.165, 1.54) is 23.1 Å². The zero-order chi connectivity index (χ0) is 16.4. The van der Waals surface area contributed by atoms with Gasteiger partial charge in [0.2, 0.25) is 5.91 Å². The Morgan fingerprint density at radius 3 is 3.09 bits per heavy atom. The van der Waals surface area contributed by atoms with Gasteiger partial charge in [0.1, 0.15) is 0 Å². The molecular formula is C14H16N4O2S3. The van der Waals surface area contributed by atoms with Crippen molar-refractivity contribution in [3.63, 3.8) is 0 Å². The molecule has 122 valence electrons. The number of hydrogen-bond acceptors (Lipinski definition) is 7. The molecule has 9 heteroatoms. The lowest BCUT2D eigenvalue weighted by Gasteiger charge is -2.11. The summed E-state index contributed by atoms with van der Waals surface area (Å²) in [6.07, 6.45) is 2.45. The average Bonchev–Trinajstić information content (AvgIpc) is 3.14. The highest BCUT2D eigenvalue weighted by molar-refractivity contribution is 8.00. The molecule has 6 nitrogen and oxygen atoms in total. The number of fused-ring (bicyclic) bond motifs is 1. The summed E-state index contributed by atoms with van der Waals surface area (Å²) in [5.74, 6) is 0.0538. The molecule has 3 heterocycles. The van der Waals surface area contributed by atoms with E-state index in [2.05, 4.69) is 22.2 Å². The second-order valence-corrected chi connectivity index (χ2v) is 8.31. The van der Waals surface area contributed by atoms with Gasteiger partial charge in [-0.2, -0.15) is 0 Å². The Morgan fingerprint density at radius 1 is 1.57 bits per heavy atom. The average molecular weight is 369 g/mol. The van der Waals surface area contributed by atoms with Gasteiger partial charge in [-0.3, -0.25) is 14.2 Å². The summed E-state index contributed by atoms with van der Waals surface area (Å²) in [7, 11) is 0. The maximum atomic E-state index is 12.5. The molecule has 3 rings (SSSR count). The minimum absolute atomic E-state index is 0.00896. The van der Waals surface area contributed by atoms with Crippen molar-refractivity contribution in [1.82, 2.24) is 14.5 Å². The van der Waals surface area contributed by atoms with Crippen LogP contribution in [0.1, 0.15) is 19.5 Å². The van der Waals surface area contributed by atoms with Crippen molar-refractivity contribution in [2.24, 2.45) is 0 Å². The van der Waals surface area contributed by atoms with E-state index in [4.69, 9.17) is 0 Å². The van der Waals surface area contributed by atoms with Gasteiger partial charge in [-0.25, -0.2) is 9.97 Å². The lowest BCUT2D eigenvalue weighted by atomic mass is 10.2. The molecule has 1 amide bonds. The van der Waals surface area contributed by atoms with Crippen LogP contribution in [0.15, 0.2) is 26.4 Å². The number of amides is 1. The van der Waals surface area contributed by atoms with Crippen LogP contribution in [-0.4, -0.2) is 31.4 Å². The number of carbonyl (C=O) groups is 1. The van der Waals surface area contributed by atoms with Gasteiger partial charge in [0, 0.05) is 29.8 Å². The summed E-state index contributed by atoms with van der Waals surface area (Å²) in [5.41, 5.74) is 0.870. The lowest BCUT2D eigenvalue weighted by Crippen LogP contribution is -2.25. The first kappa shape index (κ1) is 16.5. The van der Waals surface area contributed by atoms with Crippen molar-refractivity contribution in [2.75, 3.05) is 11.1 Å². The number of rotatable bonds is 5. The molecule has 0 fully saturated rings. The second-order valence-electron chi connectivity index (χ2n) is 5.03. The first-order valence-electron chi connectivity index (χ1n) is 7.21. The Bertz CT molecular complexity index is 773. The molecule has 23 heavy (non-hydrogen) atoms. The van der Waals surface area contributed by atoms with Gasteiger partial charge >= 0.3 is 0 Å². The summed E-state index contributed by atoms with van der Waals surface area (Å²) < 4.78 is 1.64. The van der Waals surface area contributed by atoms with Crippen molar-refractivity contribution in [2.45, 2.75) is 42.1 Å². The van der Waals surface area contributed by atoms with Gasteiger partial charge in [0.15, 0.2) is 10.3 Å². The van der Waals surface area contributed by atoms with Gasteiger partial charge < -0.3 is 5.32 Å². The van der Waals surface area contributed by atoms with E-state index in [1.807, 2.05) is 6.92 Å². The second kappa shape index (κ2) is 7.06. The zero-order valence-electron chi connectivity index (χ0n) is 12.7. The topological polar surface area (TPSA) is 76.9 Å². The fourth-order valence-electron chi connectivity index (χ4n) is 2.29. The summed E-state index contributed by atoms with van der Waals surface area (Å²) >= 11 is 4.26. The molecule has 0 saturated carbocycles. The summed E-state index contributed by atoms with van der Waals surface area (Å²) in [4.78, 5) is 33.9. The zero-order valence-corrected chi connectivity index (χ0v) is 15.2. The standard InChI is InChI=1S/C14H16N4O2S3/c1-3-18-12(20)11-9(6-8(2)23-11)16-14(18)22-7-10(19)17-13-15-4-5-21-13/h4-5,8H,3,6-7H2,1-2H3,(H,15,17,19). The van der Waals surface area contributed by atoms with Crippen LogP contribution in [-0.2, 0) is 17.8 Å². The molecule has 0 bridgehead atoms. The Balaban J connectivity index is 1.75. The third-order valence-corrected chi connectivity index (χ3v) is 6.17. The predicted octanol–water partition coefficient (Wildman–Crippen LogP) is 2.49. The highest BCUT2D eigenvalue weighted by Gasteiger charge is 2.26. The summed E-state index contributed by atoms with van der Waals surface area (Å²) in [5, 5.41) is 6.11. The van der Waals surface area contributed by atoms with Crippen molar-refractivity contribution in [3.8, 4) is 0 Å². The number of anilines is 1. The molecule has 1 N–H and O–H groups in total. The number of carbonyl (C=O) groups excluding carboxylic acids is 1. The Kier molecular flexibility index (Phi) is 5.08. The first-order valence-corrected chi connectivity index (χ1v) is 9.95. The van der Waals surface area contributed by atoms with Crippen LogP contribution in [0, 0.1) is 0 Å². The van der Waals surface area contributed by atoms with Crippen LogP contribution in [0.25, 0.3) is 0 Å². The van der Waals surface area contributed by atoms with Crippen LogP contribution in [0.5, 0.6) is 0 Å². The number of nitrogens with zero attached hydrogens (tertiary/aromatic N) is 3. The Morgan fingerprint density at radius 2 is 2.39 bits per heavy atom. The van der Waals surface area contributed by atoms with Gasteiger partial charge in [-0.05, 0) is 6.92 Å². The van der Waals surface area contributed by atoms with Gasteiger partial charge in [0.05, 0.1) is 16.3 Å². The maximum absolute atomic E-state index is 12.5. The Labute approximate surface area is 146 Å². The molecule has 2 aromatic heterocycles. The quantitative estimate of drug-likeness (QED) is 0.645. The number of thiazole rings is 1. The van der Waals surface area contributed by atoms with Crippen molar-refractivity contribution in [1.29, 1.82) is 0 Å². The number of nitrogens with one attached hydrogen (secondary N) is 1. The fraction of sp³-hybridized carbons (Fsp3) is 0.429. The van der Waals surface area contributed by atoms with E-state index in [0.29, 0.717) is 22.1 Å².